The molecule has 3 heterocycles. The summed E-state index contributed by atoms with van der Waals surface area (Å²) in [6, 6.07) is 23.9. The molecule has 0 fully saturated rings. The number of allylic oxidation sites excluding steroid dienone is 2. The van der Waals surface area contributed by atoms with Gasteiger partial charge in [-0.2, -0.15) is 26.3 Å². The first kappa shape index (κ1) is 43.1. The number of halogens is 6. The maximum Gasteiger partial charge on any atom is 0.416 e. The van der Waals surface area contributed by atoms with Gasteiger partial charge in [-0.25, -0.2) is 0 Å². The summed E-state index contributed by atoms with van der Waals surface area (Å²) < 4.78 is 96.0. The van der Waals surface area contributed by atoms with Crippen molar-refractivity contribution in [3.63, 3.8) is 0 Å². The van der Waals surface area contributed by atoms with Gasteiger partial charge >= 0.3 is 24.3 Å². The first-order valence-electron chi connectivity index (χ1n) is 19.8. The molecule has 0 aliphatic heterocycles. The van der Waals surface area contributed by atoms with Crippen molar-refractivity contribution in [3.8, 4) is 0 Å². The molecule has 0 spiro atoms. The first-order valence-corrected chi connectivity index (χ1v) is 22.2. The van der Waals surface area contributed by atoms with E-state index in [0.29, 0.717) is 51.8 Å². The van der Waals surface area contributed by atoms with E-state index < -0.39 is 69.9 Å². The molecule has 1 atom stereocenters. The number of aliphatic hydroxyl groups excluding tert-OH is 1. The summed E-state index contributed by atoms with van der Waals surface area (Å²) in [6.07, 6.45) is -7.06. The lowest BCUT2D eigenvalue weighted by atomic mass is 9.76. The number of alkyl halides is 6. The molecule has 0 amide bonds. The highest BCUT2D eigenvalue weighted by molar-refractivity contribution is 7.39. The highest BCUT2D eigenvalue weighted by Gasteiger charge is 2.59. The quantitative estimate of drug-likeness (QED) is 0.0525. The lowest BCUT2D eigenvalue weighted by Crippen LogP contribution is -2.46. The Hall–Kier alpha value is -6.79. The number of fused-ring (bicyclic) bond motifs is 7. The number of esters is 2. The molecule has 0 saturated heterocycles. The predicted octanol–water partition coefficient (Wildman–Crippen LogP) is 11.3. The first-order chi connectivity index (χ1) is 31.4. The average Bonchev–Trinajstić information content (AvgIpc) is 4.11. The van der Waals surface area contributed by atoms with Crippen LogP contribution in [-0.2, 0) is 54.8 Å². The molecule has 4 aromatic carbocycles. The minimum atomic E-state index is -4.82. The molecule has 17 heteroatoms. The van der Waals surface area contributed by atoms with Crippen LogP contribution in [0, 0.1) is 0 Å². The predicted molar refractivity (Wildman–Crippen MR) is 236 cm³/mol. The Labute approximate surface area is 380 Å². The van der Waals surface area contributed by atoms with Crippen molar-refractivity contribution in [2.75, 3.05) is 0 Å². The monoisotopic (exact) mass is 952 g/mol. The Morgan fingerprint density at radius 1 is 0.636 bits per heavy atom. The maximum absolute atomic E-state index is 15.1. The van der Waals surface area contributed by atoms with E-state index in [2.05, 4.69) is 0 Å². The normalized spacial score (nSPS) is 17.8. The molecule has 1 N–H and O–H groups in total. The molecule has 3 aromatic heterocycles. The van der Waals surface area contributed by atoms with Gasteiger partial charge < -0.3 is 14.6 Å². The number of carbonyl (C=O) groups excluding carboxylic acids is 5. The van der Waals surface area contributed by atoms with Crippen LogP contribution < -0.4 is 0 Å². The third kappa shape index (κ3) is 6.96. The van der Waals surface area contributed by atoms with E-state index in [9.17, 15) is 45.8 Å². The number of ether oxygens (including phenoxy) is 2. The Morgan fingerprint density at radius 2 is 1.21 bits per heavy atom. The van der Waals surface area contributed by atoms with Gasteiger partial charge in [0.05, 0.1) is 25.2 Å². The summed E-state index contributed by atoms with van der Waals surface area (Å²) in [6.45, 7) is -0.597. The van der Waals surface area contributed by atoms with Crippen molar-refractivity contribution in [2.45, 2.75) is 37.1 Å². The summed E-state index contributed by atoms with van der Waals surface area (Å²) in [7, 11) is 0. The number of aliphatic hydroxyl groups is 1. The largest absolute Gasteiger partial charge is 0.459 e. The number of hydrogen-bond acceptors (Lipinski definition) is 11. The second-order valence-electron chi connectivity index (χ2n) is 15.5. The van der Waals surface area contributed by atoms with E-state index in [-0.39, 0.29) is 52.2 Å². The third-order valence-corrected chi connectivity index (χ3v) is 15.4. The van der Waals surface area contributed by atoms with E-state index in [4.69, 9.17) is 9.47 Å². The van der Waals surface area contributed by atoms with Crippen LogP contribution in [0.3, 0.4) is 0 Å². The zero-order valence-electron chi connectivity index (χ0n) is 33.3. The summed E-state index contributed by atoms with van der Waals surface area (Å²) in [4.78, 5) is 71.0. The van der Waals surface area contributed by atoms with Gasteiger partial charge in [0.1, 0.15) is 19.3 Å². The van der Waals surface area contributed by atoms with Gasteiger partial charge in [0.15, 0.2) is 5.78 Å². The van der Waals surface area contributed by atoms with Gasteiger partial charge in [0.2, 0.25) is 17.0 Å². The summed E-state index contributed by atoms with van der Waals surface area (Å²) in [5, 5.41) is 10.9. The van der Waals surface area contributed by atoms with Crippen LogP contribution in [0.15, 0.2) is 115 Å². The smallest absolute Gasteiger partial charge is 0.416 e. The van der Waals surface area contributed by atoms with E-state index >= 15 is 9.59 Å². The second kappa shape index (κ2) is 15.7. The Bertz CT molecular complexity index is 3300. The van der Waals surface area contributed by atoms with E-state index in [1.807, 2.05) is 0 Å². The fourth-order valence-corrected chi connectivity index (χ4v) is 12.7. The minimum absolute atomic E-state index is 0.112. The Balaban J connectivity index is 1.13. The molecule has 0 saturated carbocycles. The molecule has 8 nitrogen and oxygen atoms in total. The van der Waals surface area contributed by atoms with Crippen LogP contribution in [0.4, 0.5) is 26.3 Å². The summed E-state index contributed by atoms with van der Waals surface area (Å²) in [5.74, 6) is -5.40. The maximum atomic E-state index is 15.1. The fourth-order valence-electron chi connectivity index (χ4n) is 8.40. The van der Waals surface area contributed by atoms with Crippen molar-refractivity contribution in [2.24, 2.45) is 0 Å². The van der Waals surface area contributed by atoms with Crippen molar-refractivity contribution >= 4 is 105 Å². The molecular formula is C49H26F6O8S3. The zero-order chi connectivity index (χ0) is 46.4. The molecule has 3 aliphatic carbocycles. The summed E-state index contributed by atoms with van der Waals surface area (Å²) in [5.41, 5.74) is -4.41. The van der Waals surface area contributed by atoms with Crippen LogP contribution in [0.2, 0.25) is 0 Å². The van der Waals surface area contributed by atoms with Crippen LogP contribution in [0.25, 0.3) is 42.1 Å². The van der Waals surface area contributed by atoms with Crippen LogP contribution in [-0.4, -0.2) is 40.5 Å². The zero-order valence-corrected chi connectivity index (χ0v) is 35.8. The van der Waals surface area contributed by atoms with Gasteiger partial charge in [-0.3, -0.25) is 24.0 Å². The average molecular weight is 953 g/mol. The van der Waals surface area contributed by atoms with Crippen molar-refractivity contribution in [1.82, 2.24) is 0 Å². The topological polar surface area (TPSA) is 124 Å². The van der Waals surface area contributed by atoms with Crippen LogP contribution >= 0.6 is 34.0 Å². The molecule has 1 unspecified atom stereocenters. The van der Waals surface area contributed by atoms with Gasteiger partial charge in [0.25, 0.3) is 0 Å². The number of ketones is 3. The molecule has 0 radical (unpaired) electrons. The number of Topliss-reactive ketones (excluding diaryl/α,β-unsaturated/α-hetero) is 3. The number of rotatable bonds is 8. The molecule has 3 aliphatic rings. The van der Waals surface area contributed by atoms with Crippen LogP contribution in [0.5, 0.6) is 0 Å². The highest BCUT2D eigenvalue weighted by Crippen LogP contribution is 2.57. The Kier molecular flexibility index (Phi) is 10.2. The number of benzene rings is 4. The second-order valence-corrected chi connectivity index (χ2v) is 18.7. The SMILES string of the molecule is O=C1C(=O)c2cc(C(F)(F)F)ccc2/C1=C/C1=Cc2sc3c(sc4cc(/C=C5/c6ccc(C(F)(F)F)cc6C(=O)C5O)sc43)c2C1(C(=O)OCc1ccccc1)C(=O)OCc1ccccc1. The molecule has 66 heavy (non-hydrogen) atoms. The number of hydrogen-bond donors (Lipinski definition) is 1. The van der Waals surface area contributed by atoms with Gasteiger partial charge in [-0.05, 0) is 82.0 Å². The van der Waals surface area contributed by atoms with Gasteiger partial charge in [-0.1, -0.05) is 72.8 Å². The molecular weight excluding hydrogens is 927 g/mol. The van der Waals surface area contributed by atoms with Gasteiger partial charge in [-0.15, -0.1) is 34.0 Å². The van der Waals surface area contributed by atoms with Crippen molar-refractivity contribution < 1.29 is 64.9 Å². The molecule has 10 rings (SSSR count). The molecule has 7 aromatic rings. The summed E-state index contributed by atoms with van der Waals surface area (Å²) >= 11 is 3.60. The highest BCUT2D eigenvalue weighted by atomic mass is 32.1. The van der Waals surface area contributed by atoms with Crippen LogP contribution in [0.1, 0.15) is 69.4 Å². The molecule has 0 bridgehead atoms. The van der Waals surface area contributed by atoms with Crippen molar-refractivity contribution in [1.29, 1.82) is 0 Å². The lowest BCUT2D eigenvalue weighted by Gasteiger charge is -2.28. The van der Waals surface area contributed by atoms with Gasteiger partial charge in [0, 0.05) is 36.7 Å². The van der Waals surface area contributed by atoms with E-state index in [0.717, 1.165) is 30.3 Å². The van der Waals surface area contributed by atoms with E-state index in [1.54, 1.807) is 66.7 Å². The lowest BCUT2D eigenvalue weighted by molar-refractivity contribution is -0.164. The third-order valence-electron chi connectivity index (χ3n) is 11.6. The standard InChI is InChI=1S/C49H26F6O8S3/c50-48(51,52)25-11-13-29-31(15-25)38(56)40(58)33(29)17-27-18-35-37(47(27,45(60)62-21-23-7-3-1-4-8-23)46(61)63-22-24-9-5-2-6-10-24)43-44(65-35)42-36(66-43)20-28(64-42)19-34-30-14-12-26(49(53,54)55)16-32(30)39(57)41(34)59/h1-20,41,59H,21-22H2/b33-17-,34-19-. The number of carbonyl (C=O) groups is 5. The molecule has 330 valence electrons. The minimum Gasteiger partial charge on any atom is -0.459 e. The van der Waals surface area contributed by atoms with Crippen molar-refractivity contribution in [3.05, 3.63) is 175 Å². The van der Waals surface area contributed by atoms with E-state index in [1.165, 1.54) is 46.2 Å². The number of thiophene rings is 3. The Morgan fingerprint density at radius 3 is 1.80 bits per heavy atom. The fraction of sp³-hybridized carbons (Fsp3) is 0.122.